The van der Waals surface area contributed by atoms with E-state index in [4.69, 9.17) is 11.6 Å². The fraction of sp³-hybridized carbons (Fsp3) is 0.231. The van der Waals surface area contributed by atoms with Crippen LogP contribution in [0.3, 0.4) is 0 Å². The third-order valence-electron chi connectivity index (χ3n) is 2.95. The number of anilines is 1. The van der Waals surface area contributed by atoms with E-state index in [1.165, 1.54) is 18.3 Å². The van der Waals surface area contributed by atoms with Crippen LogP contribution in [-0.4, -0.2) is 18.1 Å². The van der Waals surface area contributed by atoms with Gasteiger partial charge in [0, 0.05) is 22.9 Å². The number of hydrogen-bond donors (Lipinski definition) is 2. The molecule has 0 aliphatic carbocycles. The molecule has 114 valence electrons. The molecule has 21 heavy (non-hydrogen) atoms. The van der Waals surface area contributed by atoms with E-state index in [1.807, 2.05) is 6.92 Å². The normalized spacial score (nSPS) is 11.6. The maximum Gasteiger partial charge on any atom is 0.263 e. The Morgan fingerprint density at radius 1 is 1.38 bits per heavy atom. The van der Waals surface area contributed by atoms with Crippen LogP contribution in [-0.2, 0) is 23.2 Å². The number of hydrogen-bond acceptors (Lipinski definition) is 3. The summed E-state index contributed by atoms with van der Waals surface area (Å²) in [4.78, 5) is 0.104. The van der Waals surface area contributed by atoms with Gasteiger partial charge in [0.2, 0.25) is 0 Å². The highest BCUT2D eigenvalue weighted by Crippen LogP contribution is 2.27. The smallest absolute Gasteiger partial charge is 0.263 e. The molecule has 8 heteroatoms. The van der Waals surface area contributed by atoms with E-state index >= 15 is 0 Å². The molecule has 1 aromatic heterocycles. The van der Waals surface area contributed by atoms with Crippen molar-refractivity contribution in [1.82, 2.24) is 4.57 Å². The highest BCUT2D eigenvalue weighted by atomic mass is 79.9. The van der Waals surface area contributed by atoms with Gasteiger partial charge in [-0.2, -0.15) is 0 Å². The van der Waals surface area contributed by atoms with Gasteiger partial charge in [0.05, 0.1) is 17.3 Å². The molecule has 1 aromatic carbocycles. The largest absolute Gasteiger partial charge is 0.390 e. The minimum Gasteiger partial charge on any atom is -0.390 e. The Balaban J connectivity index is 2.33. The molecule has 0 amide bonds. The summed E-state index contributed by atoms with van der Waals surface area (Å²) in [6, 6.07) is 6.24. The third kappa shape index (κ3) is 3.60. The predicted molar refractivity (Wildman–Crippen MR) is 86.0 cm³/mol. The molecular weight excluding hydrogens is 380 g/mol. The first-order valence-corrected chi connectivity index (χ1v) is 8.80. The molecule has 0 aliphatic rings. The Labute approximate surface area is 136 Å². The third-order valence-corrected chi connectivity index (χ3v) is 5.53. The van der Waals surface area contributed by atoms with Crippen LogP contribution >= 0.6 is 27.5 Å². The van der Waals surface area contributed by atoms with Gasteiger partial charge < -0.3 is 9.67 Å². The number of benzene rings is 1. The molecule has 0 aliphatic heterocycles. The fourth-order valence-corrected chi connectivity index (χ4v) is 3.41. The van der Waals surface area contributed by atoms with E-state index in [2.05, 4.69) is 20.7 Å². The zero-order chi connectivity index (χ0) is 15.6. The van der Waals surface area contributed by atoms with Crippen LogP contribution in [0.15, 0.2) is 39.8 Å². The number of aryl methyl sites for hydroxylation is 1. The Morgan fingerprint density at radius 3 is 2.62 bits per heavy atom. The van der Waals surface area contributed by atoms with Crippen LogP contribution in [0.1, 0.15) is 12.6 Å². The summed E-state index contributed by atoms with van der Waals surface area (Å²) in [7, 11) is -3.72. The lowest BCUT2D eigenvalue weighted by atomic mass is 10.3. The van der Waals surface area contributed by atoms with Gasteiger partial charge in [-0.15, -0.1) is 0 Å². The van der Waals surface area contributed by atoms with E-state index in [1.54, 1.807) is 16.7 Å². The monoisotopic (exact) mass is 392 g/mol. The number of halogens is 2. The molecule has 1 heterocycles. The average Bonchev–Trinajstić information content (AvgIpc) is 2.86. The molecule has 0 atom stereocenters. The second-order valence-corrected chi connectivity index (χ2v) is 7.29. The summed E-state index contributed by atoms with van der Waals surface area (Å²) >= 11 is 9.19. The molecule has 0 unspecified atom stereocenters. The van der Waals surface area contributed by atoms with Crippen molar-refractivity contribution in [3.8, 4) is 0 Å². The molecule has 5 nitrogen and oxygen atoms in total. The molecule has 0 fully saturated rings. The molecule has 0 saturated carbocycles. The lowest BCUT2D eigenvalue weighted by Crippen LogP contribution is -2.12. The average molecular weight is 394 g/mol. The Kier molecular flexibility index (Phi) is 4.98. The van der Waals surface area contributed by atoms with Crippen molar-refractivity contribution in [2.24, 2.45) is 0 Å². The van der Waals surface area contributed by atoms with Crippen LogP contribution in [0.25, 0.3) is 0 Å². The lowest BCUT2D eigenvalue weighted by Gasteiger charge is -2.07. The van der Waals surface area contributed by atoms with Crippen molar-refractivity contribution >= 4 is 43.2 Å². The first-order chi connectivity index (χ1) is 9.87. The van der Waals surface area contributed by atoms with Crippen molar-refractivity contribution in [3.63, 3.8) is 0 Å². The second-order valence-electron chi connectivity index (χ2n) is 4.35. The van der Waals surface area contributed by atoms with E-state index in [9.17, 15) is 13.5 Å². The van der Waals surface area contributed by atoms with Crippen molar-refractivity contribution in [2.45, 2.75) is 25.0 Å². The van der Waals surface area contributed by atoms with Gasteiger partial charge in [-0.25, -0.2) is 8.42 Å². The number of sulfonamides is 1. The first kappa shape index (κ1) is 16.4. The van der Waals surface area contributed by atoms with Crippen LogP contribution < -0.4 is 4.72 Å². The quantitative estimate of drug-likeness (QED) is 0.819. The van der Waals surface area contributed by atoms with Crippen molar-refractivity contribution in [2.75, 3.05) is 4.72 Å². The summed E-state index contributed by atoms with van der Waals surface area (Å²) in [6.07, 6.45) is 1.49. The first-order valence-electron chi connectivity index (χ1n) is 6.15. The number of aromatic nitrogens is 1. The van der Waals surface area contributed by atoms with Gasteiger partial charge >= 0.3 is 0 Å². The fourth-order valence-electron chi connectivity index (χ4n) is 1.87. The van der Waals surface area contributed by atoms with Crippen molar-refractivity contribution in [3.05, 3.63) is 45.7 Å². The zero-order valence-corrected chi connectivity index (χ0v) is 14.3. The molecule has 0 bridgehead atoms. The minimum absolute atomic E-state index is 0.104. The second kappa shape index (κ2) is 6.39. The van der Waals surface area contributed by atoms with Crippen molar-refractivity contribution in [1.29, 1.82) is 0 Å². The summed E-state index contributed by atoms with van der Waals surface area (Å²) < 4.78 is 29.5. The number of rotatable bonds is 5. The Morgan fingerprint density at radius 2 is 2.10 bits per heavy atom. The van der Waals surface area contributed by atoms with Gasteiger partial charge in [0.15, 0.2) is 0 Å². The number of aliphatic hydroxyl groups is 1. The summed E-state index contributed by atoms with van der Waals surface area (Å²) in [5, 5.41) is 9.64. The van der Waals surface area contributed by atoms with Crippen LogP contribution in [0.2, 0.25) is 5.02 Å². The highest BCUT2D eigenvalue weighted by molar-refractivity contribution is 9.10. The van der Waals surface area contributed by atoms with Gasteiger partial charge in [-0.05, 0) is 47.1 Å². The number of nitrogens with one attached hydrogen (secondary N) is 1. The van der Waals surface area contributed by atoms with Gasteiger partial charge in [0.1, 0.15) is 4.90 Å². The standard InChI is InChI=1S/C13H14BrClN2O3S/c1-2-17-7-11(6-10(17)8-18)21(19,20)16-9-3-4-12(14)13(15)5-9/h3-7,16,18H,2,8H2,1H3. The van der Waals surface area contributed by atoms with Gasteiger partial charge in [-0.1, -0.05) is 11.6 Å². The maximum atomic E-state index is 12.3. The predicted octanol–water partition coefficient (Wildman–Crippen LogP) is 3.22. The molecule has 2 rings (SSSR count). The van der Waals surface area contributed by atoms with E-state index in [0.717, 1.165) is 0 Å². The van der Waals surface area contributed by atoms with E-state index in [-0.39, 0.29) is 11.5 Å². The topological polar surface area (TPSA) is 71.3 Å². The van der Waals surface area contributed by atoms with Crippen molar-refractivity contribution < 1.29 is 13.5 Å². The van der Waals surface area contributed by atoms with Gasteiger partial charge in [0.25, 0.3) is 10.0 Å². The lowest BCUT2D eigenvalue weighted by molar-refractivity contribution is 0.271. The number of nitrogens with zero attached hydrogens (tertiary/aromatic N) is 1. The van der Waals surface area contributed by atoms with E-state index < -0.39 is 10.0 Å². The molecule has 2 aromatic rings. The van der Waals surface area contributed by atoms with E-state index in [0.29, 0.717) is 27.4 Å². The van der Waals surface area contributed by atoms with Gasteiger partial charge in [-0.3, -0.25) is 4.72 Å². The molecular formula is C13H14BrClN2O3S. The number of aliphatic hydroxyl groups excluding tert-OH is 1. The summed E-state index contributed by atoms with van der Waals surface area (Å²) in [6.45, 7) is 2.24. The maximum absolute atomic E-state index is 12.3. The van der Waals surface area contributed by atoms with Crippen LogP contribution in [0.5, 0.6) is 0 Å². The van der Waals surface area contributed by atoms with Crippen LogP contribution in [0.4, 0.5) is 5.69 Å². The molecule has 2 N–H and O–H groups in total. The SMILES string of the molecule is CCn1cc(S(=O)(=O)Nc2ccc(Br)c(Cl)c2)cc1CO. The Bertz CT molecular complexity index is 737. The van der Waals surface area contributed by atoms with Crippen LogP contribution in [0, 0.1) is 0 Å². The minimum atomic E-state index is -3.72. The molecule has 0 spiro atoms. The summed E-state index contributed by atoms with van der Waals surface area (Å²) in [5.74, 6) is 0. The highest BCUT2D eigenvalue weighted by Gasteiger charge is 2.18. The Hall–Kier alpha value is -1.02. The summed E-state index contributed by atoms with van der Waals surface area (Å²) in [5.41, 5.74) is 0.921. The molecule has 0 radical (unpaired) electrons. The molecule has 0 saturated heterocycles. The zero-order valence-electron chi connectivity index (χ0n) is 11.2.